The number of rotatable bonds is 2. The highest BCUT2D eigenvalue weighted by Gasteiger charge is 2.07. The smallest absolute Gasteiger partial charge is 0.159 e. The molecule has 0 amide bonds. The molecule has 1 aromatic carbocycles. The summed E-state index contributed by atoms with van der Waals surface area (Å²) in [6.07, 6.45) is 1.56. The molecule has 1 heterocycles. The van der Waals surface area contributed by atoms with Gasteiger partial charge in [0.2, 0.25) is 0 Å². The van der Waals surface area contributed by atoms with Crippen LogP contribution in [0.1, 0.15) is 5.69 Å². The molecule has 0 aliphatic rings. The Hall–Kier alpha value is -1.42. The van der Waals surface area contributed by atoms with Crippen molar-refractivity contribution in [2.24, 2.45) is 0 Å². The van der Waals surface area contributed by atoms with Gasteiger partial charge in [-0.25, -0.2) is 13.8 Å². The first-order chi connectivity index (χ1) is 7.20. The summed E-state index contributed by atoms with van der Waals surface area (Å²) in [4.78, 5) is 6.89. The van der Waals surface area contributed by atoms with Crippen LogP contribution < -0.4 is 0 Å². The van der Waals surface area contributed by atoms with Crippen LogP contribution in [0.2, 0.25) is 0 Å². The quantitative estimate of drug-likeness (QED) is 0.787. The normalized spacial score (nSPS) is 10.6. The van der Waals surface area contributed by atoms with Gasteiger partial charge in [0.25, 0.3) is 0 Å². The molecular weight excluding hydrogens is 222 g/mol. The molecule has 0 bridgehead atoms. The molecule has 2 rings (SSSR count). The number of benzene rings is 1. The van der Waals surface area contributed by atoms with Gasteiger partial charge in [0, 0.05) is 17.5 Å². The summed E-state index contributed by atoms with van der Waals surface area (Å²) in [6, 6.07) is 3.61. The second-order valence-electron chi connectivity index (χ2n) is 3.02. The van der Waals surface area contributed by atoms with Gasteiger partial charge in [-0.05, 0) is 18.2 Å². The summed E-state index contributed by atoms with van der Waals surface area (Å²) in [6.45, 7) is 0. The lowest BCUT2D eigenvalue weighted by Crippen LogP contribution is -1.87. The van der Waals surface area contributed by atoms with E-state index in [0.717, 1.165) is 17.8 Å². The van der Waals surface area contributed by atoms with Crippen molar-refractivity contribution < 1.29 is 8.78 Å². The van der Waals surface area contributed by atoms with Crippen LogP contribution in [0, 0.1) is 11.6 Å². The Bertz CT molecular complexity index is 482. The van der Waals surface area contributed by atoms with Crippen LogP contribution in [0.15, 0.2) is 24.4 Å². The summed E-state index contributed by atoms with van der Waals surface area (Å²) < 4.78 is 25.6. The Morgan fingerprint density at radius 2 is 2.07 bits per heavy atom. The van der Waals surface area contributed by atoms with Gasteiger partial charge in [-0.2, -0.15) is 0 Å². The molecule has 78 valence electrons. The average molecular weight is 229 g/mol. The fourth-order valence-electron chi connectivity index (χ4n) is 1.22. The lowest BCUT2D eigenvalue weighted by atomic mass is 10.2. The summed E-state index contributed by atoms with van der Waals surface area (Å²) in [7, 11) is 0. The van der Waals surface area contributed by atoms with E-state index in [1.54, 1.807) is 6.20 Å². The van der Waals surface area contributed by atoms with Crippen LogP contribution in [0.3, 0.4) is 0 Å². The zero-order valence-corrected chi connectivity index (χ0v) is 8.35. The van der Waals surface area contributed by atoms with Crippen LogP contribution in [0.4, 0.5) is 8.78 Å². The van der Waals surface area contributed by atoms with Gasteiger partial charge in [0.1, 0.15) is 5.82 Å². The molecule has 0 atom stereocenters. The number of hydrogen-bond donors (Lipinski definition) is 1. The molecule has 0 unspecified atom stereocenters. The lowest BCUT2D eigenvalue weighted by Gasteiger charge is -1.97. The maximum atomic E-state index is 12.9. The fourth-order valence-corrected chi connectivity index (χ4v) is 1.35. The molecule has 0 saturated heterocycles. The van der Waals surface area contributed by atoms with E-state index in [2.05, 4.69) is 9.97 Å². The molecule has 15 heavy (non-hydrogen) atoms. The number of nitrogens with zero attached hydrogens (tertiary/aromatic N) is 1. The fraction of sp³-hybridized carbons (Fsp3) is 0.100. The minimum atomic E-state index is -0.892. The van der Waals surface area contributed by atoms with Crippen molar-refractivity contribution in [3.05, 3.63) is 41.7 Å². The highest BCUT2D eigenvalue weighted by Crippen LogP contribution is 2.18. The zero-order valence-electron chi connectivity index (χ0n) is 7.60. The van der Waals surface area contributed by atoms with Crippen LogP contribution >= 0.6 is 11.6 Å². The topological polar surface area (TPSA) is 28.7 Å². The third-order valence-corrected chi connectivity index (χ3v) is 2.25. The number of nitrogens with one attached hydrogen (secondary N) is 1. The summed E-state index contributed by atoms with van der Waals surface area (Å²) in [5.41, 5.74) is 1.22. The largest absolute Gasteiger partial charge is 0.341 e. The molecular formula is C10H7ClF2N2. The van der Waals surface area contributed by atoms with Crippen LogP contribution in [0.25, 0.3) is 11.4 Å². The minimum absolute atomic E-state index is 0.302. The van der Waals surface area contributed by atoms with E-state index in [0.29, 0.717) is 17.3 Å². The number of imidazole rings is 1. The Morgan fingerprint density at radius 1 is 1.27 bits per heavy atom. The van der Waals surface area contributed by atoms with Crippen LogP contribution in [0.5, 0.6) is 0 Å². The molecule has 1 aromatic heterocycles. The van der Waals surface area contributed by atoms with Gasteiger partial charge in [-0.15, -0.1) is 11.6 Å². The third kappa shape index (κ3) is 1.99. The van der Waals surface area contributed by atoms with E-state index in [9.17, 15) is 8.78 Å². The molecule has 2 aromatic rings. The predicted molar refractivity (Wildman–Crippen MR) is 53.5 cm³/mol. The molecule has 0 fully saturated rings. The zero-order chi connectivity index (χ0) is 10.8. The molecule has 0 spiro atoms. The van der Waals surface area contributed by atoms with Crippen LogP contribution in [-0.4, -0.2) is 9.97 Å². The van der Waals surface area contributed by atoms with Crippen LogP contribution in [-0.2, 0) is 5.88 Å². The third-order valence-electron chi connectivity index (χ3n) is 1.97. The van der Waals surface area contributed by atoms with E-state index in [-0.39, 0.29) is 0 Å². The first kappa shape index (κ1) is 10.1. The van der Waals surface area contributed by atoms with Crippen molar-refractivity contribution >= 4 is 11.6 Å². The van der Waals surface area contributed by atoms with Gasteiger partial charge < -0.3 is 4.98 Å². The number of H-pyrrole nitrogens is 1. The lowest BCUT2D eigenvalue weighted by molar-refractivity contribution is 0.509. The SMILES string of the molecule is Fc1ccc(-c2ncc(CCl)[nH]2)cc1F. The summed E-state index contributed by atoms with van der Waals surface area (Å²) >= 11 is 5.58. The van der Waals surface area contributed by atoms with Crippen molar-refractivity contribution in [3.63, 3.8) is 0 Å². The first-order valence-corrected chi connectivity index (χ1v) is 4.79. The molecule has 0 radical (unpaired) electrons. The Kier molecular flexibility index (Phi) is 2.68. The van der Waals surface area contributed by atoms with Crippen molar-refractivity contribution in [2.45, 2.75) is 5.88 Å². The second-order valence-corrected chi connectivity index (χ2v) is 3.29. The number of hydrogen-bond acceptors (Lipinski definition) is 1. The van der Waals surface area contributed by atoms with Gasteiger partial charge in [0.15, 0.2) is 11.6 Å². The molecule has 0 aliphatic carbocycles. The van der Waals surface area contributed by atoms with Gasteiger partial charge >= 0.3 is 0 Å². The van der Waals surface area contributed by atoms with E-state index >= 15 is 0 Å². The Balaban J connectivity index is 2.40. The highest BCUT2D eigenvalue weighted by atomic mass is 35.5. The van der Waals surface area contributed by atoms with Gasteiger partial charge in [-0.3, -0.25) is 0 Å². The highest BCUT2D eigenvalue weighted by molar-refractivity contribution is 6.16. The number of halogens is 3. The maximum absolute atomic E-state index is 12.9. The second kappa shape index (κ2) is 3.98. The first-order valence-electron chi connectivity index (χ1n) is 4.26. The molecule has 1 N–H and O–H groups in total. The molecule has 5 heteroatoms. The predicted octanol–water partition coefficient (Wildman–Crippen LogP) is 3.09. The standard InChI is InChI=1S/C10H7ClF2N2/c11-4-7-5-14-10(15-7)6-1-2-8(12)9(13)3-6/h1-3,5H,4H2,(H,14,15). The van der Waals surface area contributed by atoms with E-state index < -0.39 is 11.6 Å². The van der Waals surface area contributed by atoms with E-state index in [1.165, 1.54) is 6.07 Å². The van der Waals surface area contributed by atoms with Crippen molar-refractivity contribution in [2.75, 3.05) is 0 Å². The van der Waals surface area contributed by atoms with Crippen molar-refractivity contribution in [3.8, 4) is 11.4 Å². The van der Waals surface area contributed by atoms with Gasteiger partial charge in [-0.1, -0.05) is 0 Å². The Morgan fingerprint density at radius 3 is 2.67 bits per heavy atom. The molecule has 0 saturated carbocycles. The number of aromatic nitrogens is 2. The van der Waals surface area contributed by atoms with E-state index in [4.69, 9.17) is 11.6 Å². The number of alkyl halides is 1. The van der Waals surface area contributed by atoms with Crippen molar-refractivity contribution in [1.29, 1.82) is 0 Å². The Labute approximate surface area is 89.9 Å². The molecule has 2 nitrogen and oxygen atoms in total. The maximum Gasteiger partial charge on any atom is 0.159 e. The molecule has 0 aliphatic heterocycles. The monoisotopic (exact) mass is 228 g/mol. The van der Waals surface area contributed by atoms with Gasteiger partial charge in [0.05, 0.1) is 5.88 Å². The minimum Gasteiger partial charge on any atom is -0.341 e. The van der Waals surface area contributed by atoms with E-state index in [1.807, 2.05) is 0 Å². The number of aromatic amines is 1. The average Bonchev–Trinajstić information content (AvgIpc) is 2.70. The van der Waals surface area contributed by atoms with Crippen molar-refractivity contribution in [1.82, 2.24) is 9.97 Å². The summed E-state index contributed by atoms with van der Waals surface area (Å²) in [5.74, 6) is -0.986. The summed E-state index contributed by atoms with van der Waals surface area (Å²) in [5, 5.41) is 0.